The van der Waals surface area contributed by atoms with Gasteiger partial charge in [0.15, 0.2) is 0 Å². The summed E-state index contributed by atoms with van der Waals surface area (Å²) >= 11 is 0. The molecule has 0 aromatic rings. The third kappa shape index (κ3) is 5.24. The van der Waals surface area contributed by atoms with E-state index in [9.17, 15) is 22.8 Å². The molecule has 0 unspecified atom stereocenters. The van der Waals surface area contributed by atoms with Crippen molar-refractivity contribution in [1.82, 2.24) is 5.32 Å². The number of carboxylic acid groups (broad SMARTS) is 1. The third-order valence-corrected chi connectivity index (χ3v) is 1.77. The molecule has 0 aliphatic heterocycles. The first-order chi connectivity index (χ1) is 6.64. The van der Waals surface area contributed by atoms with Crippen LogP contribution in [-0.2, 0) is 9.59 Å². The number of alkyl halides is 3. The van der Waals surface area contributed by atoms with Gasteiger partial charge in [-0.2, -0.15) is 13.2 Å². The first kappa shape index (κ1) is 13.7. The molecule has 0 fully saturated rings. The van der Waals surface area contributed by atoms with Gasteiger partial charge >= 0.3 is 18.1 Å². The topological polar surface area (TPSA) is 66.4 Å². The maximum absolute atomic E-state index is 11.9. The highest BCUT2D eigenvalue weighted by atomic mass is 19.4. The minimum absolute atomic E-state index is 0.382. The van der Waals surface area contributed by atoms with Crippen molar-refractivity contribution in [2.24, 2.45) is 5.92 Å². The second-order valence-electron chi connectivity index (χ2n) is 3.42. The van der Waals surface area contributed by atoms with E-state index in [-0.39, 0.29) is 5.92 Å². The Hall–Kier alpha value is -1.27. The van der Waals surface area contributed by atoms with Crippen LogP contribution in [0.15, 0.2) is 0 Å². The Morgan fingerprint density at radius 3 is 2.07 bits per heavy atom. The van der Waals surface area contributed by atoms with E-state index >= 15 is 0 Å². The summed E-state index contributed by atoms with van der Waals surface area (Å²) in [6, 6.07) is -1.02. The molecule has 4 nitrogen and oxygen atoms in total. The van der Waals surface area contributed by atoms with Gasteiger partial charge in [0.1, 0.15) is 0 Å². The molecule has 88 valence electrons. The molecule has 0 radical (unpaired) electrons. The highest BCUT2D eigenvalue weighted by Crippen LogP contribution is 2.16. The minimum atomic E-state index is -4.98. The Morgan fingerprint density at radius 2 is 1.80 bits per heavy atom. The van der Waals surface area contributed by atoms with E-state index in [1.54, 1.807) is 5.32 Å². The van der Waals surface area contributed by atoms with Crippen LogP contribution in [0.4, 0.5) is 13.2 Å². The summed E-state index contributed by atoms with van der Waals surface area (Å²) in [6.07, 6.45) is -5.51. The Bertz CT molecular complexity index is 250. The lowest BCUT2D eigenvalue weighted by atomic mass is 10.0. The Morgan fingerprint density at radius 1 is 1.33 bits per heavy atom. The molecule has 0 saturated heterocycles. The van der Waals surface area contributed by atoms with Crippen LogP contribution < -0.4 is 5.32 Å². The van der Waals surface area contributed by atoms with Gasteiger partial charge in [0.25, 0.3) is 0 Å². The normalized spacial score (nSPS) is 13.7. The van der Waals surface area contributed by atoms with E-state index in [1.807, 2.05) is 0 Å². The van der Waals surface area contributed by atoms with Gasteiger partial charge in [0.2, 0.25) is 0 Å². The van der Waals surface area contributed by atoms with Gasteiger partial charge in [-0.3, -0.25) is 9.59 Å². The van der Waals surface area contributed by atoms with E-state index in [2.05, 4.69) is 0 Å². The van der Waals surface area contributed by atoms with Crippen molar-refractivity contribution >= 4 is 11.9 Å². The number of carbonyl (C=O) groups excluding carboxylic acids is 1. The van der Waals surface area contributed by atoms with E-state index in [0.29, 0.717) is 0 Å². The molecule has 1 atom stereocenters. The van der Waals surface area contributed by atoms with Crippen LogP contribution in [0.2, 0.25) is 0 Å². The predicted octanol–water partition coefficient (Wildman–Crippen LogP) is 1.16. The zero-order valence-electron chi connectivity index (χ0n) is 8.26. The number of rotatable bonds is 4. The van der Waals surface area contributed by atoms with Crippen LogP contribution in [-0.4, -0.2) is 29.2 Å². The van der Waals surface area contributed by atoms with Crippen molar-refractivity contribution < 1.29 is 27.9 Å². The van der Waals surface area contributed by atoms with Crippen molar-refractivity contribution in [1.29, 1.82) is 0 Å². The van der Waals surface area contributed by atoms with E-state index < -0.39 is 30.5 Å². The van der Waals surface area contributed by atoms with Gasteiger partial charge in [-0.1, -0.05) is 13.8 Å². The summed E-state index contributed by atoms with van der Waals surface area (Å²) in [5.74, 6) is -3.74. The molecular formula is C8H12F3NO3. The number of halogens is 3. The van der Waals surface area contributed by atoms with Crippen molar-refractivity contribution in [3.05, 3.63) is 0 Å². The van der Waals surface area contributed by atoms with Gasteiger partial charge in [0.05, 0.1) is 6.42 Å². The van der Waals surface area contributed by atoms with Crippen molar-refractivity contribution in [3.63, 3.8) is 0 Å². The lowest BCUT2D eigenvalue weighted by Gasteiger charge is -2.21. The average Bonchev–Trinajstić information content (AvgIpc) is 1.99. The number of carboxylic acids is 1. The van der Waals surface area contributed by atoms with Gasteiger partial charge in [-0.15, -0.1) is 0 Å². The Labute approximate surface area is 84.5 Å². The summed E-state index contributed by atoms with van der Waals surface area (Å²) < 4.78 is 35.6. The quantitative estimate of drug-likeness (QED) is 0.757. The number of hydrogen-bond acceptors (Lipinski definition) is 2. The molecular weight excluding hydrogens is 215 g/mol. The molecule has 0 aromatic carbocycles. The molecule has 0 rings (SSSR count). The fourth-order valence-corrected chi connectivity index (χ4v) is 0.892. The summed E-state index contributed by atoms with van der Waals surface area (Å²) in [4.78, 5) is 20.8. The molecule has 0 aliphatic rings. The first-order valence-electron chi connectivity index (χ1n) is 4.24. The highest BCUT2D eigenvalue weighted by Gasteiger charge is 2.40. The van der Waals surface area contributed by atoms with Crippen LogP contribution in [0.5, 0.6) is 0 Å². The van der Waals surface area contributed by atoms with Gasteiger partial charge in [-0.05, 0) is 5.92 Å². The zero-order valence-corrected chi connectivity index (χ0v) is 8.26. The third-order valence-electron chi connectivity index (χ3n) is 1.77. The summed E-state index contributed by atoms with van der Waals surface area (Å²) in [5.41, 5.74) is 0. The van der Waals surface area contributed by atoms with Crippen molar-refractivity contribution in [2.45, 2.75) is 32.5 Å². The highest BCUT2D eigenvalue weighted by molar-refractivity contribution is 5.82. The maximum Gasteiger partial charge on any atom is 0.471 e. The molecule has 0 aliphatic carbocycles. The van der Waals surface area contributed by atoms with Crippen LogP contribution >= 0.6 is 0 Å². The van der Waals surface area contributed by atoms with Crippen LogP contribution in [0.25, 0.3) is 0 Å². The van der Waals surface area contributed by atoms with Gasteiger partial charge < -0.3 is 10.4 Å². The standard InChI is InChI=1S/C8H12F3NO3/c1-4(2)5(3-6(13)14)12-7(15)8(9,10)11/h4-5H,3H2,1-2H3,(H,12,15)(H,13,14)/t5-/m0/s1. The molecule has 1 amide bonds. The van der Waals surface area contributed by atoms with Crippen molar-refractivity contribution in [2.75, 3.05) is 0 Å². The zero-order chi connectivity index (χ0) is 12.2. The van der Waals surface area contributed by atoms with E-state index in [1.165, 1.54) is 13.8 Å². The monoisotopic (exact) mass is 227 g/mol. The van der Waals surface area contributed by atoms with Crippen molar-refractivity contribution in [3.8, 4) is 0 Å². The molecule has 0 saturated carbocycles. The largest absolute Gasteiger partial charge is 0.481 e. The number of amides is 1. The van der Waals surface area contributed by atoms with E-state index in [0.717, 1.165) is 0 Å². The summed E-state index contributed by atoms with van der Waals surface area (Å²) in [6.45, 7) is 3.06. The molecule has 7 heteroatoms. The summed E-state index contributed by atoms with van der Waals surface area (Å²) in [5, 5.41) is 10.1. The Kier molecular flexibility index (Phi) is 4.57. The molecule has 0 bridgehead atoms. The van der Waals surface area contributed by atoms with Crippen LogP contribution in [0.1, 0.15) is 20.3 Å². The molecule has 15 heavy (non-hydrogen) atoms. The number of carbonyl (C=O) groups is 2. The fraction of sp³-hybridized carbons (Fsp3) is 0.750. The molecule has 0 heterocycles. The van der Waals surface area contributed by atoms with Crippen LogP contribution in [0.3, 0.4) is 0 Å². The van der Waals surface area contributed by atoms with Gasteiger partial charge in [-0.25, -0.2) is 0 Å². The predicted molar refractivity (Wildman–Crippen MR) is 45.1 cm³/mol. The van der Waals surface area contributed by atoms with E-state index in [4.69, 9.17) is 5.11 Å². The first-order valence-corrected chi connectivity index (χ1v) is 4.24. The molecule has 2 N–H and O–H groups in total. The minimum Gasteiger partial charge on any atom is -0.481 e. The van der Waals surface area contributed by atoms with Crippen LogP contribution in [0, 0.1) is 5.92 Å². The number of aliphatic carboxylic acids is 1. The number of nitrogens with one attached hydrogen (secondary N) is 1. The average molecular weight is 227 g/mol. The molecule has 0 spiro atoms. The second-order valence-corrected chi connectivity index (χ2v) is 3.42. The fourth-order valence-electron chi connectivity index (χ4n) is 0.892. The second kappa shape index (κ2) is 4.99. The SMILES string of the molecule is CC(C)[C@H](CC(=O)O)NC(=O)C(F)(F)F. The number of hydrogen-bond donors (Lipinski definition) is 2. The van der Waals surface area contributed by atoms with Gasteiger partial charge in [0, 0.05) is 6.04 Å². The lowest BCUT2D eigenvalue weighted by molar-refractivity contribution is -0.174. The lowest BCUT2D eigenvalue weighted by Crippen LogP contribution is -2.46. The smallest absolute Gasteiger partial charge is 0.471 e. The summed E-state index contributed by atoms with van der Waals surface area (Å²) in [7, 11) is 0. The maximum atomic E-state index is 11.9. The molecule has 0 aromatic heterocycles. The Balaban J connectivity index is 4.42.